The minimum Gasteiger partial charge on any atom is -0.253 e. The third kappa shape index (κ3) is 1.68. The molecule has 4 heteroatoms. The fraction of sp³-hybridized carbons (Fsp3) is 0. The molecule has 0 fully saturated rings. The Kier molecular flexibility index (Phi) is 2.65. The Morgan fingerprint density at radius 2 is 2.40 bits per heavy atom. The van der Waals surface area contributed by atoms with Gasteiger partial charge in [0.15, 0.2) is 0 Å². The molecule has 0 amide bonds. The Hall–Kier alpha value is -0.120. The minimum absolute atomic E-state index is 0.422. The van der Waals surface area contributed by atoms with Gasteiger partial charge >= 0.3 is 0 Å². The third-order valence-electron chi connectivity index (χ3n) is 0.961. The van der Waals surface area contributed by atoms with E-state index in [9.17, 15) is 0 Å². The number of aromatic nitrogens is 1. The summed E-state index contributed by atoms with van der Waals surface area (Å²) in [5, 5.41) is 0.544. The minimum atomic E-state index is 0.422. The van der Waals surface area contributed by atoms with E-state index in [4.69, 9.17) is 23.8 Å². The van der Waals surface area contributed by atoms with Crippen LogP contribution in [-0.2, 0) is 0 Å². The molecule has 0 aromatic carbocycles. The highest BCUT2D eigenvalue weighted by Gasteiger charge is 2.01. The normalized spacial score (nSPS) is 9.40. The van der Waals surface area contributed by atoms with Crippen LogP contribution in [0.25, 0.3) is 0 Å². The van der Waals surface area contributed by atoms with Gasteiger partial charge in [0, 0.05) is 6.20 Å². The van der Waals surface area contributed by atoms with Crippen LogP contribution in [-0.4, -0.2) is 9.18 Å². The predicted molar refractivity (Wildman–Crippen MR) is 49.9 cm³/mol. The summed E-state index contributed by atoms with van der Waals surface area (Å²) >= 11 is 14.4. The molecule has 0 N–H and O–H groups in total. The lowest BCUT2D eigenvalue weighted by atomic mass is 10.4. The van der Waals surface area contributed by atoms with Crippen molar-refractivity contribution in [2.24, 2.45) is 0 Å². The highest BCUT2D eigenvalue weighted by Crippen LogP contribution is 2.14. The zero-order valence-electron chi connectivity index (χ0n) is 4.91. The zero-order valence-corrected chi connectivity index (χ0v) is 7.38. The first kappa shape index (κ1) is 7.98. The number of hydrogen-bond acceptors (Lipinski definition) is 2. The summed E-state index contributed by atoms with van der Waals surface area (Å²) in [5.41, 5.74) is 0.572. The molecular weight excluding hydrogens is 186 g/mol. The van der Waals surface area contributed by atoms with E-state index in [0.717, 1.165) is 0 Å². The zero-order chi connectivity index (χ0) is 7.56. The highest BCUT2D eigenvalue weighted by atomic mass is 35.5. The summed E-state index contributed by atoms with van der Waals surface area (Å²) < 4.78 is 0.422. The van der Waals surface area contributed by atoms with Crippen LogP contribution in [0.15, 0.2) is 18.3 Å². The standard InChI is InChI=1S/C6H4ClNS2/c7-4-2-1-3-8-5(4)6(9)10/h1-3H,(H,9,10). The average Bonchev–Trinajstić information content (AvgIpc) is 1.88. The van der Waals surface area contributed by atoms with Gasteiger partial charge in [-0.2, -0.15) is 0 Å². The van der Waals surface area contributed by atoms with Crippen LogP contribution in [0.1, 0.15) is 5.69 Å². The van der Waals surface area contributed by atoms with E-state index in [-0.39, 0.29) is 0 Å². The molecule has 0 radical (unpaired) electrons. The Bertz CT molecular complexity index is 262. The van der Waals surface area contributed by atoms with E-state index < -0.39 is 0 Å². The average molecular weight is 190 g/mol. The van der Waals surface area contributed by atoms with Gasteiger partial charge in [-0.1, -0.05) is 23.8 Å². The molecule has 0 aliphatic heterocycles. The van der Waals surface area contributed by atoms with Crippen molar-refractivity contribution in [3.8, 4) is 0 Å². The Morgan fingerprint density at radius 1 is 1.70 bits per heavy atom. The molecule has 52 valence electrons. The van der Waals surface area contributed by atoms with Crippen molar-refractivity contribution >= 4 is 40.6 Å². The maximum atomic E-state index is 5.72. The smallest absolute Gasteiger partial charge is 0.106 e. The van der Waals surface area contributed by atoms with Gasteiger partial charge in [0.25, 0.3) is 0 Å². The molecular formula is C6H4ClNS2. The number of thiol groups is 1. The van der Waals surface area contributed by atoms with Gasteiger partial charge in [-0.05, 0) is 12.1 Å². The first-order valence-corrected chi connectivity index (χ1v) is 3.79. The van der Waals surface area contributed by atoms with Gasteiger partial charge in [-0.3, -0.25) is 4.98 Å². The van der Waals surface area contributed by atoms with Gasteiger partial charge in [-0.15, -0.1) is 12.6 Å². The second kappa shape index (κ2) is 3.32. The second-order valence-corrected chi connectivity index (χ2v) is 3.20. The van der Waals surface area contributed by atoms with Crippen molar-refractivity contribution in [2.45, 2.75) is 0 Å². The largest absolute Gasteiger partial charge is 0.253 e. The molecule has 0 saturated heterocycles. The quantitative estimate of drug-likeness (QED) is 0.538. The summed E-state index contributed by atoms with van der Waals surface area (Å²) in [6.07, 6.45) is 1.63. The summed E-state index contributed by atoms with van der Waals surface area (Å²) in [6, 6.07) is 3.48. The van der Waals surface area contributed by atoms with Gasteiger partial charge in [-0.25, -0.2) is 0 Å². The number of pyridine rings is 1. The van der Waals surface area contributed by atoms with Crippen LogP contribution in [0.5, 0.6) is 0 Å². The Balaban J connectivity index is 3.15. The topological polar surface area (TPSA) is 12.9 Å². The molecule has 0 atom stereocenters. The maximum Gasteiger partial charge on any atom is 0.106 e. The van der Waals surface area contributed by atoms with Crippen LogP contribution in [0.3, 0.4) is 0 Å². The van der Waals surface area contributed by atoms with Crippen molar-refractivity contribution in [2.75, 3.05) is 0 Å². The van der Waals surface area contributed by atoms with Crippen LogP contribution in [0.2, 0.25) is 5.02 Å². The summed E-state index contributed by atoms with van der Waals surface area (Å²) in [7, 11) is 0. The Morgan fingerprint density at radius 3 is 2.80 bits per heavy atom. The molecule has 0 aliphatic carbocycles. The molecule has 1 rings (SSSR count). The van der Waals surface area contributed by atoms with Gasteiger partial charge < -0.3 is 0 Å². The van der Waals surface area contributed by atoms with E-state index in [1.165, 1.54) is 0 Å². The number of nitrogens with zero attached hydrogens (tertiary/aromatic N) is 1. The maximum absolute atomic E-state index is 5.72. The van der Waals surface area contributed by atoms with Crippen LogP contribution in [0.4, 0.5) is 0 Å². The lowest BCUT2D eigenvalue weighted by Crippen LogP contribution is -1.91. The van der Waals surface area contributed by atoms with E-state index in [1.807, 2.05) is 0 Å². The molecule has 1 aromatic rings. The van der Waals surface area contributed by atoms with Crippen molar-refractivity contribution in [3.63, 3.8) is 0 Å². The predicted octanol–water partition coefficient (Wildman–Crippen LogP) is 2.34. The number of rotatable bonds is 1. The van der Waals surface area contributed by atoms with E-state index in [1.54, 1.807) is 18.3 Å². The fourth-order valence-electron chi connectivity index (χ4n) is 0.543. The van der Waals surface area contributed by atoms with Crippen LogP contribution >= 0.6 is 36.4 Å². The number of halogens is 1. The van der Waals surface area contributed by atoms with Crippen molar-refractivity contribution in [1.29, 1.82) is 0 Å². The fourth-order valence-corrected chi connectivity index (χ4v) is 1.22. The lowest BCUT2D eigenvalue weighted by molar-refractivity contribution is 1.31. The molecule has 1 heterocycles. The summed E-state index contributed by atoms with van der Waals surface area (Å²) in [4.78, 5) is 3.93. The monoisotopic (exact) mass is 189 g/mol. The van der Waals surface area contributed by atoms with Gasteiger partial charge in [0.05, 0.1) is 9.22 Å². The number of thiocarbonyl (C=S) groups is 1. The van der Waals surface area contributed by atoms with Crippen molar-refractivity contribution in [3.05, 3.63) is 29.0 Å². The summed E-state index contributed by atoms with van der Waals surface area (Å²) in [6.45, 7) is 0. The van der Waals surface area contributed by atoms with E-state index in [2.05, 4.69) is 17.6 Å². The van der Waals surface area contributed by atoms with E-state index >= 15 is 0 Å². The highest BCUT2D eigenvalue weighted by molar-refractivity contribution is 8.11. The number of hydrogen-bond donors (Lipinski definition) is 1. The molecule has 0 saturated carbocycles. The molecule has 0 unspecified atom stereocenters. The van der Waals surface area contributed by atoms with Crippen LogP contribution in [0, 0.1) is 0 Å². The molecule has 1 nitrogen and oxygen atoms in total. The van der Waals surface area contributed by atoms with Crippen molar-refractivity contribution in [1.82, 2.24) is 4.98 Å². The van der Waals surface area contributed by atoms with Crippen molar-refractivity contribution < 1.29 is 0 Å². The SMILES string of the molecule is S=C(S)c1ncccc1Cl. The van der Waals surface area contributed by atoms with E-state index in [0.29, 0.717) is 14.9 Å². The first-order valence-electron chi connectivity index (χ1n) is 2.55. The van der Waals surface area contributed by atoms with Gasteiger partial charge in [0.1, 0.15) is 5.69 Å². The molecule has 1 aromatic heterocycles. The van der Waals surface area contributed by atoms with Gasteiger partial charge in [0.2, 0.25) is 0 Å². The first-order chi connectivity index (χ1) is 4.72. The molecule has 10 heavy (non-hydrogen) atoms. The second-order valence-electron chi connectivity index (χ2n) is 1.64. The third-order valence-corrected chi connectivity index (χ3v) is 1.67. The lowest BCUT2D eigenvalue weighted by Gasteiger charge is -1.96. The molecule has 0 aliphatic rings. The molecule has 0 bridgehead atoms. The summed E-state index contributed by atoms with van der Waals surface area (Å²) in [5.74, 6) is 0. The molecule has 0 spiro atoms. The Labute approximate surface area is 74.8 Å². The van der Waals surface area contributed by atoms with Crippen LogP contribution < -0.4 is 0 Å².